The monoisotopic (exact) mass is 1640 g/mol. The first-order chi connectivity index (χ1) is 52.2. The summed E-state index contributed by atoms with van der Waals surface area (Å²) in [6.45, 7) is 18.2. The second-order valence-corrected chi connectivity index (χ2v) is 29.3. The van der Waals surface area contributed by atoms with E-state index >= 15 is 0 Å². The van der Waals surface area contributed by atoms with Crippen molar-refractivity contribution in [2.24, 2.45) is 0 Å². The van der Waals surface area contributed by atoms with Gasteiger partial charge in [-0.3, -0.25) is 0 Å². The summed E-state index contributed by atoms with van der Waals surface area (Å²) in [6.07, 6.45) is 0. The van der Waals surface area contributed by atoms with E-state index in [0.717, 1.165) is 21.2 Å². The van der Waals surface area contributed by atoms with Crippen molar-refractivity contribution in [1.82, 2.24) is 0 Å². The van der Waals surface area contributed by atoms with Gasteiger partial charge < -0.3 is 114 Å². The zero-order valence-electron chi connectivity index (χ0n) is 59.8. The van der Waals surface area contributed by atoms with Crippen LogP contribution in [0.1, 0.15) is 0 Å². The van der Waals surface area contributed by atoms with E-state index in [0.29, 0.717) is 310 Å². The molecule has 0 bridgehead atoms. The van der Waals surface area contributed by atoms with Gasteiger partial charge in [0.25, 0.3) is 0 Å². The van der Waals surface area contributed by atoms with Crippen molar-refractivity contribution in [3.8, 4) is 46.0 Å². The maximum absolute atomic E-state index is 6.29. The van der Waals surface area contributed by atoms with Crippen LogP contribution >= 0.6 is 34.9 Å². The van der Waals surface area contributed by atoms with Crippen molar-refractivity contribution in [3.05, 3.63) is 133 Å². The second-order valence-electron chi connectivity index (χ2n) is 22.5. The van der Waals surface area contributed by atoms with E-state index in [1.165, 1.54) is 10.6 Å². The maximum Gasteiger partial charge on any atom is 0.161 e. The van der Waals surface area contributed by atoms with Crippen molar-refractivity contribution in [1.29, 1.82) is 0 Å². The topological polar surface area (TPSA) is 222 Å². The smallest absolute Gasteiger partial charge is 0.161 e. The van der Waals surface area contributed by atoms with Crippen molar-refractivity contribution >= 4 is 66.7 Å². The SMILES string of the molecule is [Cl][Pd][Cl].c1ccc(P(c2ccc3c(c2)OCCOCCOCCOCCOCCO3)c2ccc3c(c2)OCCOCCOCCOCCOCCO3)cc1.c1ccc(P(c2ccc3c(c2)OCCOCCOCCOCCOCCO3)c2ccc3c(c2)OCCOCCOCCOCCOCCO3)cc1. The summed E-state index contributed by atoms with van der Waals surface area (Å²) < 4.78 is 140. The summed E-state index contributed by atoms with van der Waals surface area (Å²) in [6, 6.07) is 45.5. The molecule has 584 valence electrons. The number of fused-ring (bicyclic) bond motifs is 4. The van der Waals surface area contributed by atoms with Crippen LogP contribution in [-0.4, -0.2) is 264 Å². The first-order valence-electron chi connectivity index (χ1n) is 35.5. The van der Waals surface area contributed by atoms with Crippen molar-refractivity contribution in [2.45, 2.75) is 0 Å². The number of hydrogen-bond donors (Lipinski definition) is 0. The Morgan fingerprint density at radius 3 is 0.476 bits per heavy atom. The number of hydrogen-bond acceptors (Lipinski definition) is 24. The minimum absolute atomic E-state index is 0.106. The van der Waals surface area contributed by atoms with Crippen molar-refractivity contribution in [2.75, 3.05) is 264 Å². The van der Waals surface area contributed by atoms with Gasteiger partial charge in [0, 0.05) is 0 Å². The molecule has 105 heavy (non-hydrogen) atoms. The third kappa shape index (κ3) is 35.2. The molecule has 0 saturated carbocycles. The fraction of sp³-hybridized carbons (Fsp3) is 0.526. The Kier molecular flexibility index (Phi) is 46.1. The Labute approximate surface area is 636 Å². The molecule has 0 spiro atoms. The van der Waals surface area contributed by atoms with Gasteiger partial charge in [0.2, 0.25) is 0 Å². The average Bonchev–Trinajstić information content (AvgIpc) is 0.798. The minimum atomic E-state index is -1.03. The van der Waals surface area contributed by atoms with Crippen LogP contribution in [0.5, 0.6) is 46.0 Å². The van der Waals surface area contributed by atoms with Crippen LogP contribution in [0.25, 0.3) is 0 Å². The van der Waals surface area contributed by atoms with Crippen molar-refractivity contribution in [3.63, 3.8) is 0 Å². The standard InChI is InChI=1S/2C38H51O12P.2ClH.Pd/c2*1-2-4-32(5-3-1)51(33-6-8-35-37(30-33)49-28-24-45-20-16-41-12-10-39-14-18-43-22-26-47-35)34-7-9-36-38(31-34)50-29-25-46-21-17-42-13-11-40-15-19-44-23-27-48-36;;;/h2*1-9,30-31H,10-29H2;2*1H;/q;;;;+2/p-2. The Balaban J connectivity index is 0.000000256. The largest absolute Gasteiger partial charge is 0.487 e. The normalized spacial score (nSPS) is 18.8. The van der Waals surface area contributed by atoms with E-state index in [1.807, 2.05) is 36.4 Å². The van der Waals surface area contributed by atoms with E-state index in [2.05, 4.69) is 97.1 Å². The van der Waals surface area contributed by atoms with Crippen LogP contribution in [0.3, 0.4) is 0 Å². The number of benzene rings is 6. The van der Waals surface area contributed by atoms with Gasteiger partial charge in [-0.25, -0.2) is 0 Å². The third-order valence-corrected chi connectivity index (χ3v) is 19.9. The second kappa shape index (κ2) is 56.4. The molecule has 6 aromatic rings. The molecule has 0 amide bonds. The molecule has 6 aromatic carbocycles. The third-order valence-electron chi connectivity index (χ3n) is 15.1. The van der Waals surface area contributed by atoms with E-state index in [1.54, 1.807) is 0 Å². The predicted octanol–water partition coefficient (Wildman–Crippen LogP) is 7.62. The van der Waals surface area contributed by atoms with E-state index < -0.39 is 15.8 Å². The summed E-state index contributed by atoms with van der Waals surface area (Å²) >= 11 is -0.106. The first kappa shape index (κ1) is 85.8. The Morgan fingerprint density at radius 2 is 0.314 bits per heavy atom. The first-order valence-corrected chi connectivity index (χ1v) is 42.2. The van der Waals surface area contributed by atoms with Crippen LogP contribution in [0.2, 0.25) is 0 Å². The summed E-state index contributed by atoms with van der Waals surface area (Å²) in [5.41, 5.74) is 0. The molecule has 4 aliphatic rings. The van der Waals surface area contributed by atoms with Crippen molar-refractivity contribution < 1.29 is 130 Å². The van der Waals surface area contributed by atoms with E-state index in [-0.39, 0.29) is 15.9 Å². The fourth-order valence-electron chi connectivity index (χ4n) is 10.3. The summed E-state index contributed by atoms with van der Waals surface area (Å²) in [4.78, 5) is 0. The molecule has 0 fully saturated rings. The van der Waals surface area contributed by atoms with Gasteiger partial charge in [-0.15, -0.1) is 0 Å². The van der Waals surface area contributed by atoms with Gasteiger partial charge in [-0.05, 0) is 120 Å². The zero-order valence-corrected chi connectivity index (χ0v) is 64.6. The van der Waals surface area contributed by atoms with E-state index in [9.17, 15) is 0 Å². The molecule has 4 aliphatic heterocycles. The number of rotatable bonds is 6. The molecule has 0 unspecified atom stereocenters. The molecular formula is C76H102Cl2O24P2Pd. The van der Waals surface area contributed by atoms with Gasteiger partial charge in [0.1, 0.15) is 52.9 Å². The molecule has 29 heteroatoms. The number of halogens is 2. The summed E-state index contributed by atoms with van der Waals surface area (Å²) in [7, 11) is 7.56. The maximum atomic E-state index is 6.29. The Bertz CT molecular complexity index is 2810. The van der Waals surface area contributed by atoms with Gasteiger partial charge in [0.15, 0.2) is 46.0 Å². The molecule has 24 nitrogen and oxygen atoms in total. The summed E-state index contributed by atoms with van der Waals surface area (Å²) in [5, 5.41) is 6.69. The predicted molar refractivity (Wildman–Crippen MR) is 399 cm³/mol. The molecular weight excluding hydrogens is 1540 g/mol. The molecule has 0 N–H and O–H groups in total. The quantitative estimate of drug-likeness (QED) is 0.116. The molecule has 4 heterocycles. The van der Waals surface area contributed by atoms with Gasteiger partial charge >= 0.3 is 35.0 Å². The van der Waals surface area contributed by atoms with Gasteiger partial charge in [0.05, 0.1) is 211 Å². The minimum Gasteiger partial charge on any atom is -0.487 e. The van der Waals surface area contributed by atoms with Gasteiger partial charge in [-0.2, -0.15) is 0 Å². The molecule has 0 atom stereocenters. The Morgan fingerprint density at radius 1 is 0.171 bits per heavy atom. The van der Waals surface area contributed by atoms with Gasteiger partial charge in [-0.1, -0.05) is 60.7 Å². The molecule has 0 aliphatic carbocycles. The van der Waals surface area contributed by atoms with Crippen LogP contribution in [0, 0.1) is 0 Å². The molecule has 0 radical (unpaired) electrons. The van der Waals surface area contributed by atoms with Crippen LogP contribution in [0.4, 0.5) is 0 Å². The number of ether oxygens (including phenoxy) is 24. The molecule has 0 saturated heterocycles. The zero-order chi connectivity index (χ0) is 72.8. The van der Waals surface area contributed by atoms with Crippen LogP contribution in [-0.2, 0) is 91.7 Å². The van der Waals surface area contributed by atoms with E-state index in [4.69, 9.17) is 133 Å². The van der Waals surface area contributed by atoms with Crippen LogP contribution in [0.15, 0.2) is 133 Å². The van der Waals surface area contributed by atoms with Crippen LogP contribution < -0.4 is 69.7 Å². The molecule has 0 aromatic heterocycles. The Hall–Kier alpha value is -4.82. The average molecular weight is 1640 g/mol. The fourth-order valence-corrected chi connectivity index (χ4v) is 14.9. The summed E-state index contributed by atoms with van der Waals surface area (Å²) in [5.74, 6) is 5.14. The molecule has 10 rings (SSSR count).